The second kappa shape index (κ2) is 21.5. The number of rotatable bonds is 24. The molecule has 44 heavy (non-hydrogen) atoms. The molecule has 1 aliphatic carbocycles. The molecule has 1 aliphatic rings. The van der Waals surface area contributed by atoms with Gasteiger partial charge in [0.1, 0.15) is 0 Å². The third-order valence-corrected chi connectivity index (χ3v) is 7.87. The maximum absolute atomic E-state index is 6.41. The van der Waals surface area contributed by atoms with Crippen molar-refractivity contribution in [2.75, 3.05) is 26.4 Å². The van der Waals surface area contributed by atoms with Crippen molar-refractivity contribution in [1.82, 2.24) is 0 Å². The summed E-state index contributed by atoms with van der Waals surface area (Å²) < 4.78 is 25.2. The molecule has 0 aromatic heterocycles. The number of fused-ring (bicyclic) bond motifs is 2. The van der Waals surface area contributed by atoms with Gasteiger partial charge in [0, 0.05) is 28.8 Å². The van der Waals surface area contributed by atoms with Gasteiger partial charge in [-0.3, -0.25) is 0 Å². The third-order valence-electron chi connectivity index (χ3n) is 7.87. The van der Waals surface area contributed by atoms with Crippen molar-refractivity contribution in [2.24, 2.45) is 0 Å². The molecule has 240 valence electrons. The summed E-state index contributed by atoms with van der Waals surface area (Å²) in [6, 6.07) is 8.05. The summed E-state index contributed by atoms with van der Waals surface area (Å²) in [6.07, 6.45) is 18.5. The van der Waals surface area contributed by atoms with Crippen molar-refractivity contribution < 1.29 is 18.9 Å². The van der Waals surface area contributed by atoms with Gasteiger partial charge in [-0.1, -0.05) is 128 Å². The maximum Gasteiger partial charge on any atom is 0.178 e. The Balaban J connectivity index is 1.89. The monoisotopic (exact) mass is 600 g/mol. The lowest BCUT2D eigenvalue weighted by Crippen LogP contribution is -2.06. The topological polar surface area (TPSA) is 36.9 Å². The van der Waals surface area contributed by atoms with Crippen LogP contribution in [0.4, 0.5) is 0 Å². The van der Waals surface area contributed by atoms with Gasteiger partial charge in [-0.2, -0.15) is 0 Å². The molecule has 0 unspecified atom stereocenters. The minimum atomic E-state index is 0.642. The Bertz CT molecular complexity index is 1220. The van der Waals surface area contributed by atoms with E-state index in [0.29, 0.717) is 26.4 Å². The van der Waals surface area contributed by atoms with Crippen LogP contribution < -0.4 is 18.9 Å². The Morgan fingerprint density at radius 1 is 0.409 bits per heavy atom. The number of hydrogen-bond acceptors (Lipinski definition) is 4. The fourth-order valence-corrected chi connectivity index (χ4v) is 5.14. The van der Waals surface area contributed by atoms with E-state index in [4.69, 9.17) is 18.9 Å². The molecule has 0 saturated carbocycles. The predicted octanol–water partition coefficient (Wildman–Crippen LogP) is 10.6. The molecule has 0 N–H and O–H groups in total. The summed E-state index contributed by atoms with van der Waals surface area (Å²) in [5.41, 5.74) is 3.39. The first-order valence-corrected chi connectivity index (χ1v) is 17.6. The first kappa shape index (κ1) is 35.2. The van der Waals surface area contributed by atoms with Crippen molar-refractivity contribution >= 4 is 0 Å². The van der Waals surface area contributed by atoms with E-state index >= 15 is 0 Å². The van der Waals surface area contributed by atoms with Gasteiger partial charge < -0.3 is 18.9 Å². The van der Waals surface area contributed by atoms with Gasteiger partial charge in [-0.15, -0.1) is 0 Å². The van der Waals surface area contributed by atoms with Crippen molar-refractivity contribution in [3.8, 4) is 46.7 Å². The van der Waals surface area contributed by atoms with E-state index in [-0.39, 0.29) is 0 Å². The maximum atomic E-state index is 6.41. The van der Waals surface area contributed by atoms with Gasteiger partial charge in [-0.25, -0.2) is 0 Å². The van der Waals surface area contributed by atoms with Gasteiger partial charge >= 0.3 is 0 Å². The zero-order valence-corrected chi connectivity index (χ0v) is 28.1. The summed E-state index contributed by atoms with van der Waals surface area (Å²) >= 11 is 0. The zero-order valence-electron chi connectivity index (χ0n) is 28.1. The Kier molecular flexibility index (Phi) is 17.2. The molecular formula is C40H56O4. The molecule has 0 bridgehead atoms. The van der Waals surface area contributed by atoms with Crippen LogP contribution in [-0.2, 0) is 0 Å². The SMILES string of the molecule is CCCCCCOc1cc2c(cc1OCCCCCC)C#Cc1c(ccc(OCCCCCC)c1OCCCCCC)C#C2. The van der Waals surface area contributed by atoms with Gasteiger partial charge in [0.15, 0.2) is 23.0 Å². The summed E-state index contributed by atoms with van der Waals surface area (Å²) in [5, 5.41) is 0. The molecule has 2 aromatic rings. The van der Waals surface area contributed by atoms with E-state index in [1.165, 1.54) is 70.6 Å². The van der Waals surface area contributed by atoms with E-state index < -0.39 is 0 Å². The quantitative estimate of drug-likeness (QED) is 0.0757. The zero-order chi connectivity index (χ0) is 31.2. The molecule has 0 amide bonds. The lowest BCUT2D eigenvalue weighted by atomic mass is 10.00. The van der Waals surface area contributed by atoms with E-state index in [0.717, 1.165) is 77.4 Å². The van der Waals surface area contributed by atoms with Crippen molar-refractivity contribution in [2.45, 2.75) is 130 Å². The third kappa shape index (κ3) is 12.0. The van der Waals surface area contributed by atoms with Crippen LogP contribution in [0.3, 0.4) is 0 Å². The first-order valence-electron chi connectivity index (χ1n) is 17.6. The fraction of sp³-hybridized carbons (Fsp3) is 0.600. The van der Waals surface area contributed by atoms with E-state index in [1.54, 1.807) is 0 Å². The molecule has 4 nitrogen and oxygen atoms in total. The number of hydrogen-bond donors (Lipinski definition) is 0. The average Bonchev–Trinajstić information content (AvgIpc) is 3.03. The molecular weight excluding hydrogens is 544 g/mol. The van der Waals surface area contributed by atoms with E-state index in [2.05, 4.69) is 51.4 Å². The molecule has 0 spiro atoms. The average molecular weight is 601 g/mol. The summed E-state index contributed by atoms with van der Waals surface area (Å²) in [7, 11) is 0. The number of ether oxygens (including phenoxy) is 4. The normalized spacial score (nSPS) is 11.2. The van der Waals surface area contributed by atoms with Gasteiger partial charge in [0.2, 0.25) is 0 Å². The molecule has 0 saturated heterocycles. The van der Waals surface area contributed by atoms with Crippen molar-refractivity contribution in [3.63, 3.8) is 0 Å². The number of unbranched alkanes of at least 4 members (excludes halogenated alkanes) is 12. The van der Waals surface area contributed by atoms with Gasteiger partial charge in [0.25, 0.3) is 0 Å². The Morgan fingerprint density at radius 2 is 0.818 bits per heavy atom. The van der Waals surface area contributed by atoms with Crippen LogP contribution in [0.2, 0.25) is 0 Å². The molecule has 0 fully saturated rings. The standard InChI is InChI=1S/C40H56O4/c1-5-9-13-17-27-41-37-26-24-33-21-22-34-31-38(42-28-18-14-10-6-2)39(43-29-19-15-11-7-3)32-35(34)23-25-36(33)40(37)44-30-20-16-12-8-4/h24,26,31-32H,5-20,27-30H2,1-4H3. The minimum Gasteiger partial charge on any atom is -0.490 e. The molecule has 4 heteroatoms. The largest absolute Gasteiger partial charge is 0.490 e. The molecule has 0 heterocycles. The van der Waals surface area contributed by atoms with Crippen LogP contribution in [0.1, 0.15) is 153 Å². The lowest BCUT2D eigenvalue weighted by Gasteiger charge is -2.17. The predicted molar refractivity (Wildman–Crippen MR) is 183 cm³/mol. The van der Waals surface area contributed by atoms with Crippen LogP contribution in [-0.4, -0.2) is 26.4 Å². The van der Waals surface area contributed by atoms with Crippen LogP contribution in [0.15, 0.2) is 24.3 Å². The minimum absolute atomic E-state index is 0.642. The molecule has 0 radical (unpaired) electrons. The second-order valence-corrected chi connectivity index (χ2v) is 11.8. The van der Waals surface area contributed by atoms with Crippen molar-refractivity contribution in [1.29, 1.82) is 0 Å². The molecule has 2 aromatic carbocycles. The van der Waals surface area contributed by atoms with Crippen molar-refractivity contribution in [3.05, 3.63) is 46.5 Å². The van der Waals surface area contributed by atoms with E-state index in [9.17, 15) is 0 Å². The molecule has 0 aliphatic heterocycles. The fourth-order valence-electron chi connectivity index (χ4n) is 5.14. The number of benzene rings is 2. The van der Waals surface area contributed by atoms with Gasteiger partial charge in [0.05, 0.1) is 32.0 Å². The van der Waals surface area contributed by atoms with Crippen LogP contribution >= 0.6 is 0 Å². The molecule has 0 atom stereocenters. The first-order chi connectivity index (χ1) is 21.7. The highest BCUT2D eigenvalue weighted by molar-refractivity contribution is 5.69. The highest BCUT2D eigenvalue weighted by Gasteiger charge is 2.17. The van der Waals surface area contributed by atoms with E-state index in [1.807, 2.05) is 24.3 Å². The smallest absolute Gasteiger partial charge is 0.178 e. The lowest BCUT2D eigenvalue weighted by molar-refractivity contribution is 0.258. The summed E-state index contributed by atoms with van der Waals surface area (Å²) in [5.74, 6) is 16.6. The Labute approximate surface area is 268 Å². The summed E-state index contributed by atoms with van der Waals surface area (Å²) in [6.45, 7) is 11.6. The summed E-state index contributed by atoms with van der Waals surface area (Å²) in [4.78, 5) is 0. The molecule has 3 rings (SSSR count). The van der Waals surface area contributed by atoms with Crippen LogP contribution in [0.25, 0.3) is 0 Å². The highest BCUT2D eigenvalue weighted by atomic mass is 16.5. The van der Waals surface area contributed by atoms with Crippen LogP contribution in [0.5, 0.6) is 23.0 Å². The van der Waals surface area contributed by atoms with Crippen LogP contribution in [0, 0.1) is 23.7 Å². The van der Waals surface area contributed by atoms with Gasteiger partial charge in [-0.05, 0) is 37.8 Å². The Hall–Kier alpha value is -3.24. The Morgan fingerprint density at radius 3 is 1.30 bits per heavy atom. The highest BCUT2D eigenvalue weighted by Crippen LogP contribution is 2.36. The second-order valence-electron chi connectivity index (χ2n) is 11.8.